The molecule has 1 heterocycles. The topological polar surface area (TPSA) is 17.8 Å². The lowest BCUT2D eigenvalue weighted by Crippen LogP contribution is -2.29. The molecule has 4 heteroatoms. The number of hydrogen-bond acceptors (Lipinski definition) is 1. The van der Waals surface area contributed by atoms with Gasteiger partial charge in [0.25, 0.3) is 0 Å². The summed E-state index contributed by atoms with van der Waals surface area (Å²) in [5, 5.41) is 0. The Morgan fingerprint density at radius 3 is 1.90 bits per heavy atom. The van der Waals surface area contributed by atoms with Gasteiger partial charge in [-0.1, -0.05) is 151 Å². The van der Waals surface area contributed by atoms with Crippen LogP contribution in [-0.2, 0) is 6.17 Å². The maximum absolute atomic E-state index is 4.71. The first-order valence-electron chi connectivity index (χ1n) is 13.9. The summed E-state index contributed by atoms with van der Waals surface area (Å²) in [6, 6.07) is 43.9. The van der Waals surface area contributed by atoms with Crippen molar-refractivity contribution < 1.29 is 0 Å². The molecular formula is C35H34BN2Si. The molecule has 5 rings (SSSR count). The van der Waals surface area contributed by atoms with Crippen molar-refractivity contribution in [3.8, 4) is 0 Å². The Hall–Kier alpha value is -4.15. The lowest BCUT2D eigenvalue weighted by molar-refractivity contribution is 0.878. The predicted molar refractivity (Wildman–Crippen MR) is 171 cm³/mol. The summed E-state index contributed by atoms with van der Waals surface area (Å²) in [5.74, 6) is 0. The van der Waals surface area contributed by atoms with Gasteiger partial charge in [-0.3, -0.25) is 4.98 Å². The average molecular weight is 522 g/mol. The van der Waals surface area contributed by atoms with Gasteiger partial charge in [0.2, 0.25) is 7.28 Å². The number of imidazole rings is 1. The van der Waals surface area contributed by atoms with E-state index in [-0.39, 0.29) is 9.52 Å². The van der Waals surface area contributed by atoms with Crippen molar-refractivity contribution >= 4 is 39.6 Å². The average Bonchev–Trinajstić information content (AvgIpc) is 3.45. The molecule has 0 fully saturated rings. The fourth-order valence-electron chi connectivity index (χ4n) is 4.84. The standard InChI is InChI=1S/C35H34BN2Si/c1-5-15-29(16-6-1)27-34(32-21-11-4-12-22-32)36-35-37-24-25-38(35)28-39-26-14-13-23-33(30-17-7-2-8-18-30)31-19-9-3-10-20-31/h1-12,15-25,27H,13-14,26,28,39H2. The second kappa shape index (κ2) is 14.1. The molecule has 0 aliphatic heterocycles. The predicted octanol–water partition coefficient (Wildman–Crippen LogP) is 6.87. The first-order valence-corrected chi connectivity index (χ1v) is 15.9. The van der Waals surface area contributed by atoms with Crippen LogP contribution in [0.1, 0.15) is 35.1 Å². The summed E-state index contributed by atoms with van der Waals surface area (Å²) in [7, 11) is 1.98. The number of unbranched alkanes of at least 4 members (excludes halogenated alkanes) is 1. The molecule has 0 amide bonds. The molecule has 1 aromatic heterocycles. The number of benzene rings is 4. The normalized spacial score (nSPS) is 11.5. The van der Waals surface area contributed by atoms with Gasteiger partial charge in [-0.2, -0.15) is 0 Å². The van der Waals surface area contributed by atoms with E-state index in [4.69, 9.17) is 4.98 Å². The van der Waals surface area contributed by atoms with Crippen LogP contribution in [0.3, 0.4) is 0 Å². The van der Waals surface area contributed by atoms with Gasteiger partial charge < -0.3 is 4.57 Å². The van der Waals surface area contributed by atoms with Crippen LogP contribution in [0, 0.1) is 0 Å². The number of aromatic nitrogens is 2. The van der Waals surface area contributed by atoms with Crippen molar-refractivity contribution in [1.29, 1.82) is 0 Å². The Bertz CT molecular complexity index is 1440. The lowest BCUT2D eigenvalue weighted by atomic mass is 9.65. The number of hydrogen-bond donors (Lipinski definition) is 0. The van der Waals surface area contributed by atoms with E-state index in [1.807, 2.05) is 6.20 Å². The van der Waals surface area contributed by atoms with Crippen LogP contribution in [0.4, 0.5) is 0 Å². The van der Waals surface area contributed by atoms with E-state index >= 15 is 0 Å². The van der Waals surface area contributed by atoms with Gasteiger partial charge in [0, 0.05) is 28.1 Å². The molecule has 0 aliphatic carbocycles. The Balaban J connectivity index is 1.20. The molecule has 4 aromatic carbocycles. The van der Waals surface area contributed by atoms with Gasteiger partial charge in [-0.05, 0) is 34.2 Å². The molecule has 0 atom stereocenters. The van der Waals surface area contributed by atoms with E-state index in [1.54, 1.807) is 0 Å². The summed E-state index contributed by atoms with van der Waals surface area (Å²) in [5.41, 5.74) is 8.52. The monoisotopic (exact) mass is 521 g/mol. The van der Waals surface area contributed by atoms with E-state index in [0.717, 1.165) is 18.3 Å². The molecule has 1 radical (unpaired) electrons. The smallest absolute Gasteiger partial charge is 0.241 e. The molecule has 0 saturated carbocycles. The molecule has 0 N–H and O–H groups in total. The molecule has 0 spiro atoms. The third-order valence-corrected chi connectivity index (χ3v) is 8.68. The second-order valence-electron chi connectivity index (χ2n) is 9.70. The fourth-order valence-corrected chi connectivity index (χ4v) is 6.43. The minimum Gasteiger partial charge on any atom is -0.347 e. The molecule has 0 bridgehead atoms. The third kappa shape index (κ3) is 7.68. The van der Waals surface area contributed by atoms with Gasteiger partial charge in [0.1, 0.15) is 0 Å². The molecule has 0 aliphatic rings. The Morgan fingerprint density at radius 2 is 1.28 bits per heavy atom. The summed E-state index contributed by atoms with van der Waals surface area (Å²) in [6.07, 6.45) is 12.2. The highest BCUT2D eigenvalue weighted by Crippen LogP contribution is 2.24. The highest BCUT2D eigenvalue weighted by Gasteiger charge is 2.11. The van der Waals surface area contributed by atoms with E-state index in [2.05, 4.69) is 152 Å². The van der Waals surface area contributed by atoms with E-state index in [9.17, 15) is 0 Å². The van der Waals surface area contributed by atoms with Crippen molar-refractivity contribution in [2.45, 2.75) is 25.1 Å². The highest BCUT2D eigenvalue weighted by molar-refractivity contribution is 6.73. The minimum absolute atomic E-state index is 0.249. The lowest BCUT2D eigenvalue weighted by Gasteiger charge is -2.11. The van der Waals surface area contributed by atoms with Gasteiger partial charge in [-0.25, -0.2) is 0 Å². The summed E-state index contributed by atoms with van der Waals surface area (Å²) >= 11 is 0. The van der Waals surface area contributed by atoms with E-state index in [1.165, 1.54) is 45.8 Å². The second-order valence-corrected chi connectivity index (χ2v) is 11.6. The van der Waals surface area contributed by atoms with Crippen LogP contribution in [0.25, 0.3) is 17.1 Å². The molecule has 0 saturated heterocycles. The molecule has 39 heavy (non-hydrogen) atoms. The SMILES string of the molecule is [B](C(=Cc1ccccc1)c1ccccc1)c1nccn1C[SiH2]CCCC=C(c1ccccc1)c1ccccc1. The quantitative estimate of drug-likeness (QED) is 0.0996. The van der Waals surface area contributed by atoms with Crippen LogP contribution in [-0.4, -0.2) is 26.4 Å². The zero-order valence-electron chi connectivity index (χ0n) is 22.4. The zero-order chi connectivity index (χ0) is 26.5. The molecule has 191 valence electrons. The minimum atomic E-state index is -0.249. The summed E-state index contributed by atoms with van der Waals surface area (Å²) in [4.78, 5) is 4.71. The number of nitrogens with zero attached hydrogens (tertiary/aromatic N) is 2. The van der Waals surface area contributed by atoms with Crippen molar-refractivity contribution in [3.05, 3.63) is 162 Å². The highest BCUT2D eigenvalue weighted by atomic mass is 28.2. The zero-order valence-corrected chi connectivity index (χ0v) is 23.8. The van der Waals surface area contributed by atoms with Crippen molar-refractivity contribution in [2.24, 2.45) is 0 Å². The summed E-state index contributed by atoms with van der Waals surface area (Å²) < 4.78 is 2.34. The Kier molecular flexibility index (Phi) is 9.58. The Labute approximate surface area is 235 Å². The molecule has 0 unspecified atom stereocenters. The first kappa shape index (κ1) is 26.5. The van der Waals surface area contributed by atoms with Crippen molar-refractivity contribution in [1.82, 2.24) is 9.55 Å². The largest absolute Gasteiger partial charge is 0.347 e. The van der Waals surface area contributed by atoms with Crippen LogP contribution in [0.2, 0.25) is 6.04 Å². The Morgan fingerprint density at radius 1 is 0.718 bits per heavy atom. The van der Waals surface area contributed by atoms with Crippen molar-refractivity contribution in [3.63, 3.8) is 0 Å². The fraction of sp³-hybridized carbons (Fsp3) is 0.114. The van der Waals surface area contributed by atoms with Gasteiger partial charge in [0.05, 0.1) is 5.72 Å². The van der Waals surface area contributed by atoms with Gasteiger partial charge in [0.15, 0.2) is 0 Å². The van der Waals surface area contributed by atoms with E-state index in [0.29, 0.717) is 0 Å². The van der Waals surface area contributed by atoms with Crippen LogP contribution < -0.4 is 5.72 Å². The maximum Gasteiger partial charge on any atom is 0.241 e. The van der Waals surface area contributed by atoms with Gasteiger partial charge >= 0.3 is 0 Å². The molecular weight excluding hydrogens is 487 g/mol. The van der Waals surface area contributed by atoms with E-state index < -0.39 is 0 Å². The maximum atomic E-state index is 4.71. The molecule has 2 nitrogen and oxygen atoms in total. The third-order valence-electron chi connectivity index (χ3n) is 6.88. The number of rotatable bonds is 12. The summed E-state index contributed by atoms with van der Waals surface area (Å²) in [6.45, 7) is 0. The van der Waals surface area contributed by atoms with Crippen molar-refractivity contribution in [2.75, 3.05) is 0 Å². The van der Waals surface area contributed by atoms with Crippen LogP contribution in [0.15, 0.2) is 140 Å². The first-order chi connectivity index (χ1) is 19.4. The van der Waals surface area contributed by atoms with Crippen LogP contribution >= 0.6 is 0 Å². The number of allylic oxidation sites excluding steroid dienone is 1. The van der Waals surface area contributed by atoms with Gasteiger partial charge in [-0.15, -0.1) is 0 Å². The molecule has 5 aromatic rings. The van der Waals surface area contributed by atoms with Crippen LogP contribution in [0.5, 0.6) is 0 Å².